The van der Waals surface area contributed by atoms with Gasteiger partial charge in [-0.1, -0.05) is 0 Å². The predicted molar refractivity (Wildman–Crippen MR) is 56.1 cm³/mol. The van der Waals surface area contributed by atoms with Crippen LogP contribution in [0, 0.1) is 0 Å². The lowest BCUT2D eigenvalue weighted by Crippen LogP contribution is -2.18. The molecule has 0 amide bonds. The van der Waals surface area contributed by atoms with E-state index in [1.54, 1.807) is 19.0 Å². The molecule has 0 unspecified atom stereocenters. The maximum absolute atomic E-state index is 11.4. The van der Waals surface area contributed by atoms with Crippen LogP contribution in [0.25, 0.3) is 11.2 Å². The zero-order chi connectivity index (χ0) is 9.42. The average Bonchev–Trinajstić information content (AvgIpc) is 2.51. The van der Waals surface area contributed by atoms with Crippen molar-refractivity contribution < 1.29 is 0 Å². The smallest absolute Gasteiger partial charge is 0.278 e. The van der Waals surface area contributed by atoms with Crippen LogP contribution in [0.15, 0.2) is 11.1 Å². The fraction of sp³-hybridized carbons (Fsp3) is 0.286. The Morgan fingerprint density at radius 2 is 2.14 bits per heavy atom. The minimum absolute atomic E-state index is 0. The molecule has 0 fully saturated rings. The summed E-state index contributed by atoms with van der Waals surface area (Å²) in [6.45, 7) is 0. The lowest BCUT2D eigenvalue weighted by molar-refractivity contribution is 0.997. The summed E-state index contributed by atoms with van der Waals surface area (Å²) in [5, 5.41) is 0. The number of fused-ring (bicyclic) bond motifs is 1. The van der Waals surface area contributed by atoms with Gasteiger partial charge in [-0.05, 0) is 0 Å². The number of hydrogen-bond acceptors (Lipinski definition) is 4. The van der Waals surface area contributed by atoms with E-state index in [9.17, 15) is 4.79 Å². The molecule has 2 N–H and O–H groups in total. The first-order chi connectivity index (χ1) is 6.18. The summed E-state index contributed by atoms with van der Waals surface area (Å²) in [6.07, 6.45) is 1.45. The zero-order valence-corrected chi connectivity index (χ0v) is 8.55. The maximum atomic E-state index is 11.4. The highest BCUT2D eigenvalue weighted by Gasteiger charge is 2.05. The highest BCUT2D eigenvalue weighted by Crippen LogP contribution is 2.04. The van der Waals surface area contributed by atoms with Crippen LogP contribution in [0.1, 0.15) is 0 Å². The minimum atomic E-state index is -0.203. The van der Waals surface area contributed by atoms with E-state index in [0.717, 1.165) is 0 Å². The number of H-pyrrole nitrogens is 2. The molecular formula is C7H10ClN5O. The lowest BCUT2D eigenvalue weighted by Gasteiger charge is -2.08. The summed E-state index contributed by atoms with van der Waals surface area (Å²) in [7, 11) is 3.60. The van der Waals surface area contributed by atoms with Gasteiger partial charge >= 0.3 is 0 Å². The summed E-state index contributed by atoms with van der Waals surface area (Å²) in [5.41, 5.74) is 0.643. The SMILES string of the molecule is CN(C)c1nc2nc[nH]c2c(=O)[nH]1.Cl. The predicted octanol–water partition coefficient (Wildman–Crippen LogP) is 0.134. The van der Waals surface area contributed by atoms with Crippen molar-refractivity contribution in [2.24, 2.45) is 0 Å². The van der Waals surface area contributed by atoms with Gasteiger partial charge in [0.15, 0.2) is 11.2 Å². The number of aromatic amines is 2. The van der Waals surface area contributed by atoms with E-state index >= 15 is 0 Å². The quantitative estimate of drug-likeness (QED) is 0.709. The monoisotopic (exact) mass is 215 g/mol. The van der Waals surface area contributed by atoms with Gasteiger partial charge in [0, 0.05) is 14.1 Å². The first-order valence-electron chi connectivity index (χ1n) is 3.79. The normalized spacial score (nSPS) is 9.86. The fourth-order valence-corrected chi connectivity index (χ4v) is 1.04. The molecule has 0 aromatic carbocycles. The number of nitrogens with zero attached hydrogens (tertiary/aromatic N) is 3. The van der Waals surface area contributed by atoms with Gasteiger partial charge in [0.1, 0.15) is 0 Å². The first kappa shape index (κ1) is 10.5. The van der Waals surface area contributed by atoms with E-state index in [4.69, 9.17) is 0 Å². The summed E-state index contributed by atoms with van der Waals surface area (Å²) < 4.78 is 0. The van der Waals surface area contributed by atoms with Gasteiger partial charge in [0.05, 0.1) is 6.33 Å². The summed E-state index contributed by atoms with van der Waals surface area (Å²) in [6, 6.07) is 0. The van der Waals surface area contributed by atoms with E-state index in [2.05, 4.69) is 19.9 Å². The number of anilines is 1. The number of nitrogens with one attached hydrogen (secondary N) is 2. The number of imidazole rings is 1. The van der Waals surface area contributed by atoms with E-state index < -0.39 is 0 Å². The van der Waals surface area contributed by atoms with Crippen LogP contribution < -0.4 is 10.5 Å². The van der Waals surface area contributed by atoms with Crippen molar-refractivity contribution in [3.05, 3.63) is 16.7 Å². The van der Waals surface area contributed by atoms with Crippen LogP contribution in [0.4, 0.5) is 5.95 Å². The molecule has 0 bridgehead atoms. The molecule has 2 rings (SSSR count). The van der Waals surface area contributed by atoms with Crippen molar-refractivity contribution in [2.75, 3.05) is 19.0 Å². The number of halogens is 1. The third kappa shape index (κ3) is 1.56. The summed E-state index contributed by atoms with van der Waals surface area (Å²) in [5.74, 6) is 0.504. The molecule has 0 aliphatic heterocycles. The molecule has 76 valence electrons. The topological polar surface area (TPSA) is 77.7 Å². The molecule has 2 aromatic heterocycles. The molecule has 7 heteroatoms. The van der Waals surface area contributed by atoms with Crippen LogP contribution in [0.3, 0.4) is 0 Å². The van der Waals surface area contributed by atoms with Crippen LogP contribution >= 0.6 is 12.4 Å². The molecule has 2 heterocycles. The molecule has 0 spiro atoms. The van der Waals surface area contributed by atoms with Gasteiger partial charge in [-0.3, -0.25) is 9.78 Å². The molecular weight excluding hydrogens is 206 g/mol. The Kier molecular flexibility index (Phi) is 2.76. The third-order valence-electron chi connectivity index (χ3n) is 1.71. The Labute approximate surface area is 85.8 Å². The fourth-order valence-electron chi connectivity index (χ4n) is 1.04. The second-order valence-corrected chi connectivity index (χ2v) is 2.89. The lowest BCUT2D eigenvalue weighted by atomic mass is 10.5. The Balaban J connectivity index is 0.000000980. The van der Waals surface area contributed by atoms with Gasteiger partial charge in [-0.25, -0.2) is 4.98 Å². The molecule has 0 saturated carbocycles. The largest absolute Gasteiger partial charge is 0.348 e. The molecule has 0 radical (unpaired) electrons. The Bertz CT molecular complexity index is 488. The van der Waals surface area contributed by atoms with Gasteiger partial charge < -0.3 is 9.88 Å². The summed E-state index contributed by atoms with van der Waals surface area (Å²) >= 11 is 0. The zero-order valence-electron chi connectivity index (χ0n) is 7.74. The molecule has 0 aliphatic rings. The first-order valence-corrected chi connectivity index (χ1v) is 3.79. The van der Waals surface area contributed by atoms with Crippen molar-refractivity contribution in [1.29, 1.82) is 0 Å². The van der Waals surface area contributed by atoms with Gasteiger partial charge in [-0.2, -0.15) is 4.98 Å². The Hall–Kier alpha value is -1.56. The molecule has 0 saturated heterocycles. The van der Waals surface area contributed by atoms with E-state index in [1.165, 1.54) is 6.33 Å². The Morgan fingerprint density at radius 1 is 1.43 bits per heavy atom. The van der Waals surface area contributed by atoms with Crippen LogP contribution in [0.2, 0.25) is 0 Å². The number of aromatic nitrogens is 4. The second kappa shape index (κ2) is 3.67. The summed E-state index contributed by atoms with van der Waals surface area (Å²) in [4.78, 5) is 26.5. The average molecular weight is 216 g/mol. The van der Waals surface area contributed by atoms with Crippen molar-refractivity contribution in [2.45, 2.75) is 0 Å². The van der Waals surface area contributed by atoms with E-state index in [1.807, 2.05) is 0 Å². The number of rotatable bonds is 1. The molecule has 14 heavy (non-hydrogen) atoms. The molecule has 6 nitrogen and oxygen atoms in total. The highest BCUT2D eigenvalue weighted by atomic mass is 35.5. The van der Waals surface area contributed by atoms with Crippen molar-refractivity contribution in [3.8, 4) is 0 Å². The third-order valence-corrected chi connectivity index (χ3v) is 1.71. The van der Waals surface area contributed by atoms with Crippen molar-refractivity contribution >= 4 is 29.5 Å². The van der Waals surface area contributed by atoms with Crippen LogP contribution in [-0.4, -0.2) is 34.0 Å². The van der Waals surface area contributed by atoms with Crippen molar-refractivity contribution in [3.63, 3.8) is 0 Å². The second-order valence-electron chi connectivity index (χ2n) is 2.89. The maximum Gasteiger partial charge on any atom is 0.278 e. The van der Waals surface area contributed by atoms with E-state index in [0.29, 0.717) is 17.1 Å². The molecule has 2 aromatic rings. The number of hydrogen-bond donors (Lipinski definition) is 2. The van der Waals surface area contributed by atoms with Crippen LogP contribution in [-0.2, 0) is 0 Å². The van der Waals surface area contributed by atoms with Gasteiger partial charge in [-0.15, -0.1) is 12.4 Å². The van der Waals surface area contributed by atoms with E-state index in [-0.39, 0.29) is 18.0 Å². The molecule has 0 atom stereocenters. The Morgan fingerprint density at radius 3 is 2.79 bits per heavy atom. The minimum Gasteiger partial charge on any atom is -0.348 e. The standard InChI is InChI=1S/C7H9N5O.ClH/c1-12(2)7-10-5-4(6(13)11-7)8-3-9-5;/h3H,1-2H3,(H2,8,9,10,11,13);1H. The molecule has 0 aliphatic carbocycles. The van der Waals surface area contributed by atoms with Gasteiger partial charge in [0.2, 0.25) is 5.95 Å². The highest BCUT2D eigenvalue weighted by molar-refractivity contribution is 5.85. The van der Waals surface area contributed by atoms with Crippen molar-refractivity contribution in [1.82, 2.24) is 19.9 Å². The van der Waals surface area contributed by atoms with Crippen LogP contribution in [0.5, 0.6) is 0 Å². The van der Waals surface area contributed by atoms with Gasteiger partial charge in [0.25, 0.3) is 5.56 Å².